The van der Waals surface area contributed by atoms with Crippen molar-refractivity contribution in [2.75, 3.05) is 6.54 Å². The van der Waals surface area contributed by atoms with Crippen molar-refractivity contribution in [3.05, 3.63) is 11.6 Å². The summed E-state index contributed by atoms with van der Waals surface area (Å²) >= 11 is -1.05. The minimum absolute atomic E-state index is 0.0255. The summed E-state index contributed by atoms with van der Waals surface area (Å²) in [5, 5.41) is 0. The van der Waals surface area contributed by atoms with E-state index in [4.69, 9.17) is 0 Å². The van der Waals surface area contributed by atoms with Crippen molar-refractivity contribution in [2.24, 2.45) is 0 Å². The van der Waals surface area contributed by atoms with E-state index in [0.29, 0.717) is 6.54 Å². The lowest BCUT2D eigenvalue weighted by Crippen LogP contribution is -2.46. The summed E-state index contributed by atoms with van der Waals surface area (Å²) in [4.78, 5) is 11.4. The van der Waals surface area contributed by atoms with E-state index in [2.05, 4.69) is 0 Å². The van der Waals surface area contributed by atoms with Crippen LogP contribution >= 0.6 is 0 Å². The minimum atomic E-state index is -1.05. The molecule has 0 N–H and O–H groups in total. The molecule has 1 heterocycles. The van der Waals surface area contributed by atoms with Crippen LogP contribution in [0.4, 0.5) is 0 Å². The van der Waals surface area contributed by atoms with Gasteiger partial charge in [-0.15, -0.1) is 4.31 Å². The molecule has 1 rings (SSSR count). The molecule has 1 unspecified atom stereocenters. The maximum atomic E-state index is 12.3. The fourth-order valence-electron chi connectivity index (χ4n) is 1.94. The van der Waals surface area contributed by atoms with Gasteiger partial charge in [0.1, 0.15) is 4.75 Å². The van der Waals surface area contributed by atoms with Crippen LogP contribution in [0.5, 0.6) is 0 Å². The molecule has 0 aliphatic carbocycles. The number of carbonyl (C=O) groups excluding carboxylic acids is 1. The number of ketones is 1. The highest BCUT2D eigenvalue weighted by Gasteiger charge is 2.41. The Bertz CT molecular complexity index is 307. The molecule has 4 heteroatoms. The van der Waals surface area contributed by atoms with Gasteiger partial charge in [0.2, 0.25) is 0 Å². The zero-order valence-electron chi connectivity index (χ0n) is 10.7. The van der Waals surface area contributed by atoms with E-state index in [-0.39, 0.29) is 16.6 Å². The molecule has 92 valence electrons. The highest BCUT2D eigenvalue weighted by molar-refractivity contribution is 7.90. The molecule has 0 amide bonds. The molecule has 0 aromatic rings. The van der Waals surface area contributed by atoms with E-state index >= 15 is 0 Å². The molecule has 2 atom stereocenters. The largest absolute Gasteiger partial charge is 0.597 e. The Hall–Kier alpha value is -0.320. The minimum Gasteiger partial charge on any atom is -0.597 e. The standard InChI is InChI=1S/C12H21NO2S/c1-6-11-10(9(2)14)7-8-13(11)16(15)12(3,4)5/h7,11H,6,8H2,1-5H3/t11-,16?/m0/s1. The maximum absolute atomic E-state index is 12.3. The molecule has 0 saturated carbocycles. The van der Waals surface area contributed by atoms with Crippen molar-refractivity contribution in [1.29, 1.82) is 0 Å². The van der Waals surface area contributed by atoms with Crippen molar-refractivity contribution in [3.63, 3.8) is 0 Å². The van der Waals surface area contributed by atoms with Crippen molar-refractivity contribution in [3.8, 4) is 0 Å². The quantitative estimate of drug-likeness (QED) is 0.713. The van der Waals surface area contributed by atoms with Gasteiger partial charge in [0.25, 0.3) is 0 Å². The smallest absolute Gasteiger partial charge is 0.157 e. The summed E-state index contributed by atoms with van der Waals surface area (Å²) in [5.74, 6) is 0.0975. The summed E-state index contributed by atoms with van der Waals surface area (Å²) in [7, 11) is 0. The molecule has 0 aromatic carbocycles. The van der Waals surface area contributed by atoms with Crippen LogP contribution < -0.4 is 0 Å². The average Bonchev–Trinajstić information content (AvgIpc) is 2.57. The van der Waals surface area contributed by atoms with Gasteiger partial charge in [-0.25, -0.2) is 0 Å². The average molecular weight is 243 g/mol. The number of carbonyl (C=O) groups is 1. The van der Waals surface area contributed by atoms with Gasteiger partial charge in [-0.3, -0.25) is 4.79 Å². The van der Waals surface area contributed by atoms with Crippen molar-refractivity contribution < 1.29 is 9.35 Å². The molecule has 1 aliphatic heterocycles. The SMILES string of the molecule is CC[C@H]1C(C(C)=O)=CCN1[S+]([O-])C(C)(C)C. The molecule has 1 aliphatic rings. The van der Waals surface area contributed by atoms with Gasteiger partial charge in [0.15, 0.2) is 5.78 Å². The van der Waals surface area contributed by atoms with Crippen LogP contribution in [0.2, 0.25) is 0 Å². The first-order valence-corrected chi connectivity index (χ1v) is 6.79. The van der Waals surface area contributed by atoms with Gasteiger partial charge in [-0.1, -0.05) is 13.0 Å². The van der Waals surface area contributed by atoms with Crippen LogP contribution in [0.3, 0.4) is 0 Å². The highest BCUT2D eigenvalue weighted by atomic mass is 32.2. The third-order valence-corrected chi connectivity index (χ3v) is 4.61. The van der Waals surface area contributed by atoms with E-state index in [9.17, 15) is 9.35 Å². The van der Waals surface area contributed by atoms with Gasteiger partial charge in [-0.2, -0.15) is 0 Å². The summed E-state index contributed by atoms with van der Waals surface area (Å²) in [6.07, 6.45) is 2.74. The van der Waals surface area contributed by atoms with Gasteiger partial charge >= 0.3 is 0 Å². The molecule has 0 saturated heterocycles. The Labute approximate surface area is 101 Å². The topological polar surface area (TPSA) is 43.4 Å². The molecule has 0 fully saturated rings. The van der Waals surface area contributed by atoms with Gasteiger partial charge in [0.05, 0.1) is 12.6 Å². The van der Waals surface area contributed by atoms with Crippen LogP contribution in [-0.2, 0) is 16.2 Å². The Balaban J connectivity index is 2.84. The second kappa shape index (κ2) is 4.90. The molecule has 3 nitrogen and oxygen atoms in total. The van der Waals surface area contributed by atoms with E-state index < -0.39 is 11.4 Å². The predicted molar refractivity (Wildman–Crippen MR) is 67.4 cm³/mol. The molecule has 0 spiro atoms. The van der Waals surface area contributed by atoms with Crippen LogP contribution in [0.25, 0.3) is 0 Å². The summed E-state index contributed by atoms with van der Waals surface area (Å²) in [6.45, 7) is 10.1. The lowest BCUT2D eigenvalue weighted by Gasteiger charge is -2.33. The molecule has 0 radical (unpaired) electrons. The van der Waals surface area contributed by atoms with Gasteiger partial charge < -0.3 is 4.55 Å². The second-order valence-electron chi connectivity index (χ2n) is 5.10. The van der Waals surface area contributed by atoms with Crippen LogP contribution in [0.15, 0.2) is 11.6 Å². The van der Waals surface area contributed by atoms with E-state index in [1.165, 1.54) is 0 Å². The van der Waals surface area contributed by atoms with Crippen LogP contribution in [0.1, 0.15) is 41.0 Å². The molecular weight excluding hydrogens is 222 g/mol. The maximum Gasteiger partial charge on any atom is 0.157 e. The summed E-state index contributed by atoms with van der Waals surface area (Å²) in [6, 6.07) is 0.0255. The number of rotatable bonds is 3. The highest BCUT2D eigenvalue weighted by Crippen LogP contribution is 2.30. The molecule has 16 heavy (non-hydrogen) atoms. The lowest BCUT2D eigenvalue weighted by molar-refractivity contribution is -0.113. The fraction of sp³-hybridized carbons (Fsp3) is 0.750. The zero-order chi connectivity index (χ0) is 12.5. The Kier molecular flexibility index (Phi) is 4.21. The van der Waals surface area contributed by atoms with Crippen LogP contribution in [-0.4, -0.2) is 32.0 Å². The van der Waals surface area contributed by atoms with Gasteiger partial charge in [-0.05, 0) is 34.1 Å². The molecule has 0 bridgehead atoms. The Morgan fingerprint density at radius 3 is 2.56 bits per heavy atom. The Morgan fingerprint density at radius 2 is 2.19 bits per heavy atom. The monoisotopic (exact) mass is 243 g/mol. The third-order valence-electron chi connectivity index (χ3n) is 2.73. The zero-order valence-corrected chi connectivity index (χ0v) is 11.6. The van der Waals surface area contributed by atoms with Crippen molar-refractivity contribution in [2.45, 2.75) is 51.8 Å². The number of hydrogen-bond acceptors (Lipinski definition) is 3. The second-order valence-corrected chi connectivity index (χ2v) is 7.29. The first-order chi connectivity index (χ1) is 7.29. The van der Waals surface area contributed by atoms with Crippen molar-refractivity contribution in [1.82, 2.24) is 4.31 Å². The first kappa shape index (κ1) is 13.7. The normalized spacial score (nSPS) is 24.4. The van der Waals surface area contributed by atoms with E-state index in [1.807, 2.05) is 38.1 Å². The molecular formula is C12H21NO2S. The van der Waals surface area contributed by atoms with Crippen LogP contribution in [0, 0.1) is 0 Å². The van der Waals surface area contributed by atoms with Crippen molar-refractivity contribution >= 4 is 17.1 Å². The van der Waals surface area contributed by atoms with E-state index in [1.54, 1.807) is 6.92 Å². The number of hydrogen-bond donors (Lipinski definition) is 0. The van der Waals surface area contributed by atoms with Gasteiger partial charge in [0, 0.05) is 16.9 Å². The number of nitrogens with zero attached hydrogens (tertiary/aromatic N) is 1. The molecule has 0 aromatic heterocycles. The lowest BCUT2D eigenvalue weighted by atomic mass is 10.0. The summed E-state index contributed by atoms with van der Waals surface area (Å²) < 4.78 is 14.0. The summed E-state index contributed by atoms with van der Waals surface area (Å²) in [5.41, 5.74) is 0.820. The predicted octanol–water partition coefficient (Wildman–Crippen LogP) is 2.06. The Morgan fingerprint density at radius 1 is 1.62 bits per heavy atom. The number of Topliss-reactive ketones (excluding diaryl/α,β-unsaturated/α-hetero) is 1. The third kappa shape index (κ3) is 2.67. The first-order valence-electron chi connectivity index (χ1n) is 5.68. The van der Waals surface area contributed by atoms with E-state index in [0.717, 1.165) is 12.0 Å². The fourth-order valence-corrected chi connectivity index (χ4v) is 3.35.